The van der Waals surface area contributed by atoms with E-state index in [0.717, 1.165) is 46.9 Å². The Labute approximate surface area is 122 Å². The molecule has 0 spiro atoms. The van der Waals surface area contributed by atoms with Crippen LogP contribution in [0, 0.1) is 3.57 Å². The van der Waals surface area contributed by atoms with Crippen molar-refractivity contribution in [3.63, 3.8) is 0 Å². The van der Waals surface area contributed by atoms with E-state index in [9.17, 15) is 0 Å². The number of halogens is 1. The molecule has 4 nitrogen and oxygen atoms in total. The monoisotopic (exact) mass is 361 g/mol. The molecule has 1 aliphatic rings. The van der Waals surface area contributed by atoms with Crippen molar-refractivity contribution >= 4 is 28.4 Å². The molecular weight excluding hydrogens is 341 g/mol. The fourth-order valence-electron chi connectivity index (χ4n) is 2.07. The molecule has 1 aliphatic heterocycles. The van der Waals surface area contributed by atoms with Gasteiger partial charge in [-0.05, 0) is 48.3 Å². The first-order valence-electron chi connectivity index (χ1n) is 6.56. The number of nitrogens with one attached hydrogen (secondary N) is 1. The van der Waals surface area contributed by atoms with Crippen molar-refractivity contribution in [1.29, 1.82) is 0 Å². The first kappa shape index (κ1) is 14.0. The van der Waals surface area contributed by atoms with Gasteiger partial charge in [-0.25, -0.2) is 9.97 Å². The maximum Gasteiger partial charge on any atom is 0.159 e. The highest BCUT2D eigenvalue weighted by atomic mass is 127. The van der Waals surface area contributed by atoms with Gasteiger partial charge in [-0.1, -0.05) is 13.8 Å². The average Bonchev–Trinajstić information content (AvgIpc) is 2.85. The van der Waals surface area contributed by atoms with Crippen molar-refractivity contribution < 1.29 is 4.74 Å². The van der Waals surface area contributed by atoms with E-state index in [4.69, 9.17) is 9.72 Å². The number of rotatable bonds is 4. The van der Waals surface area contributed by atoms with E-state index in [2.05, 4.69) is 53.7 Å². The molecule has 2 rings (SSSR count). The van der Waals surface area contributed by atoms with Gasteiger partial charge in [0, 0.05) is 13.2 Å². The van der Waals surface area contributed by atoms with Gasteiger partial charge in [0.05, 0.1) is 9.26 Å². The summed E-state index contributed by atoms with van der Waals surface area (Å²) in [5, 5.41) is 3.32. The average molecular weight is 361 g/mol. The lowest BCUT2D eigenvalue weighted by Gasteiger charge is -2.16. The van der Waals surface area contributed by atoms with Crippen LogP contribution >= 0.6 is 22.6 Å². The molecule has 1 unspecified atom stereocenters. The summed E-state index contributed by atoms with van der Waals surface area (Å²) in [6.07, 6.45) is 2.22. The van der Waals surface area contributed by atoms with Gasteiger partial charge in [0.15, 0.2) is 5.82 Å². The molecule has 0 radical (unpaired) electrons. The van der Waals surface area contributed by atoms with Gasteiger partial charge in [-0.3, -0.25) is 0 Å². The highest BCUT2D eigenvalue weighted by Crippen LogP contribution is 2.31. The standard InChI is InChI=1S/C13H20IN3O/c1-4-15-13-10(14)11(8(2)3)16-12(17-13)9-6-5-7-18-9/h8-9H,4-7H2,1-3H3,(H,15,16,17). The highest BCUT2D eigenvalue weighted by molar-refractivity contribution is 14.1. The van der Waals surface area contributed by atoms with Crippen LogP contribution in [-0.4, -0.2) is 23.1 Å². The molecule has 5 heteroatoms. The Morgan fingerprint density at radius 1 is 1.44 bits per heavy atom. The quantitative estimate of drug-likeness (QED) is 0.834. The topological polar surface area (TPSA) is 47.0 Å². The minimum Gasteiger partial charge on any atom is -0.370 e. The zero-order valence-electron chi connectivity index (χ0n) is 11.2. The maximum absolute atomic E-state index is 5.69. The number of nitrogens with zero attached hydrogens (tertiary/aromatic N) is 2. The summed E-state index contributed by atoms with van der Waals surface area (Å²) in [6, 6.07) is 0. The van der Waals surface area contributed by atoms with Crippen molar-refractivity contribution in [2.75, 3.05) is 18.5 Å². The van der Waals surface area contributed by atoms with Crippen LogP contribution in [0.5, 0.6) is 0 Å². The summed E-state index contributed by atoms with van der Waals surface area (Å²) in [6.45, 7) is 8.11. The Balaban J connectivity index is 2.40. The van der Waals surface area contributed by atoms with Gasteiger partial charge in [0.1, 0.15) is 11.9 Å². The summed E-state index contributed by atoms with van der Waals surface area (Å²) in [5.41, 5.74) is 1.12. The van der Waals surface area contributed by atoms with Gasteiger partial charge in [0.25, 0.3) is 0 Å². The zero-order valence-corrected chi connectivity index (χ0v) is 13.3. The number of aromatic nitrogens is 2. The van der Waals surface area contributed by atoms with Crippen LogP contribution < -0.4 is 5.32 Å². The van der Waals surface area contributed by atoms with E-state index in [0.29, 0.717) is 5.92 Å². The predicted molar refractivity (Wildman–Crippen MR) is 80.9 cm³/mol. The molecule has 0 bridgehead atoms. The molecule has 0 aliphatic carbocycles. The van der Waals surface area contributed by atoms with E-state index in [1.165, 1.54) is 0 Å². The van der Waals surface area contributed by atoms with Gasteiger partial charge in [0.2, 0.25) is 0 Å². The summed E-state index contributed by atoms with van der Waals surface area (Å²) >= 11 is 2.33. The molecule has 2 heterocycles. The van der Waals surface area contributed by atoms with E-state index < -0.39 is 0 Å². The van der Waals surface area contributed by atoms with Crippen molar-refractivity contribution in [3.05, 3.63) is 15.1 Å². The second-order valence-corrected chi connectivity index (χ2v) is 5.90. The third-order valence-electron chi connectivity index (χ3n) is 3.00. The Morgan fingerprint density at radius 3 is 2.78 bits per heavy atom. The highest BCUT2D eigenvalue weighted by Gasteiger charge is 2.24. The largest absolute Gasteiger partial charge is 0.370 e. The molecule has 0 amide bonds. The molecule has 100 valence electrons. The minimum absolute atomic E-state index is 0.0805. The lowest BCUT2D eigenvalue weighted by atomic mass is 10.1. The lowest BCUT2D eigenvalue weighted by Crippen LogP contribution is -2.13. The summed E-state index contributed by atoms with van der Waals surface area (Å²) in [7, 11) is 0. The predicted octanol–water partition coefficient (Wildman–Crippen LogP) is 3.49. The van der Waals surface area contributed by atoms with Gasteiger partial charge < -0.3 is 10.1 Å². The summed E-state index contributed by atoms with van der Waals surface area (Å²) < 4.78 is 6.82. The zero-order chi connectivity index (χ0) is 13.1. The van der Waals surface area contributed by atoms with Crippen LogP contribution in [0.25, 0.3) is 0 Å². The molecular formula is C13H20IN3O. The second-order valence-electron chi connectivity index (χ2n) is 4.82. The molecule has 18 heavy (non-hydrogen) atoms. The van der Waals surface area contributed by atoms with Crippen molar-refractivity contribution in [1.82, 2.24) is 9.97 Å². The first-order valence-corrected chi connectivity index (χ1v) is 7.64. The molecule has 1 fully saturated rings. The third-order valence-corrected chi connectivity index (χ3v) is 4.07. The van der Waals surface area contributed by atoms with E-state index in [-0.39, 0.29) is 6.10 Å². The molecule has 1 atom stereocenters. The molecule has 1 N–H and O–H groups in total. The normalized spacial score (nSPS) is 19.5. The van der Waals surface area contributed by atoms with E-state index >= 15 is 0 Å². The molecule has 0 saturated carbocycles. The van der Waals surface area contributed by atoms with Crippen LogP contribution in [0.4, 0.5) is 5.82 Å². The lowest BCUT2D eigenvalue weighted by molar-refractivity contribution is 0.105. The Bertz CT molecular complexity index is 417. The van der Waals surface area contributed by atoms with Gasteiger partial charge in [-0.15, -0.1) is 0 Å². The summed E-state index contributed by atoms with van der Waals surface area (Å²) in [4.78, 5) is 9.35. The summed E-state index contributed by atoms with van der Waals surface area (Å²) in [5.74, 6) is 2.19. The van der Waals surface area contributed by atoms with Crippen LogP contribution in [0.15, 0.2) is 0 Å². The van der Waals surface area contributed by atoms with Crippen molar-refractivity contribution in [2.24, 2.45) is 0 Å². The Morgan fingerprint density at radius 2 is 2.22 bits per heavy atom. The van der Waals surface area contributed by atoms with Crippen molar-refractivity contribution in [3.8, 4) is 0 Å². The minimum atomic E-state index is 0.0805. The number of hydrogen-bond donors (Lipinski definition) is 1. The van der Waals surface area contributed by atoms with E-state index in [1.807, 2.05) is 0 Å². The second kappa shape index (κ2) is 6.14. The first-order chi connectivity index (χ1) is 8.63. The third kappa shape index (κ3) is 2.93. The van der Waals surface area contributed by atoms with Crippen molar-refractivity contribution in [2.45, 2.75) is 45.6 Å². The van der Waals surface area contributed by atoms with Crippen LogP contribution in [-0.2, 0) is 4.74 Å². The van der Waals surface area contributed by atoms with Crippen LogP contribution in [0.1, 0.15) is 57.2 Å². The van der Waals surface area contributed by atoms with Crippen LogP contribution in [0.3, 0.4) is 0 Å². The van der Waals surface area contributed by atoms with Gasteiger partial charge in [-0.2, -0.15) is 0 Å². The number of anilines is 1. The van der Waals surface area contributed by atoms with Crippen LogP contribution in [0.2, 0.25) is 0 Å². The molecule has 1 saturated heterocycles. The maximum atomic E-state index is 5.69. The smallest absolute Gasteiger partial charge is 0.159 e. The molecule has 0 aromatic carbocycles. The van der Waals surface area contributed by atoms with E-state index in [1.54, 1.807) is 0 Å². The molecule has 1 aromatic heterocycles. The fraction of sp³-hybridized carbons (Fsp3) is 0.692. The number of hydrogen-bond acceptors (Lipinski definition) is 4. The van der Waals surface area contributed by atoms with Gasteiger partial charge >= 0.3 is 0 Å². The fourth-order valence-corrected chi connectivity index (χ4v) is 3.13. The molecule has 1 aromatic rings. The number of ether oxygens (including phenoxy) is 1. The Hall–Kier alpha value is -0.430. The Kier molecular flexibility index (Phi) is 4.77. The SMILES string of the molecule is CCNc1nc(C2CCCO2)nc(C(C)C)c1I.